The third-order valence-corrected chi connectivity index (χ3v) is 2.07. The quantitative estimate of drug-likeness (QED) is 0.708. The molecule has 0 saturated carbocycles. The molecule has 1 aromatic carbocycles. The molecule has 4 heteroatoms. The Morgan fingerprint density at radius 1 is 1.36 bits per heavy atom. The van der Waals surface area contributed by atoms with Crippen LogP contribution in [0, 0.1) is 0 Å². The number of H-pyrrole nitrogens is 1. The van der Waals surface area contributed by atoms with E-state index in [1.807, 2.05) is 0 Å². The summed E-state index contributed by atoms with van der Waals surface area (Å²) in [5.41, 5.74) is 5.31. The van der Waals surface area contributed by atoms with Crippen LogP contribution < -0.4 is 16.0 Å². The Morgan fingerprint density at radius 3 is 2.86 bits per heavy atom. The number of nitrogens with two attached hydrogens (primary N) is 1. The van der Waals surface area contributed by atoms with Crippen LogP contribution >= 0.6 is 0 Å². The summed E-state index contributed by atoms with van der Waals surface area (Å²) >= 11 is 0. The molecule has 0 aliphatic carbocycles. The van der Waals surface area contributed by atoms with E-state index in [1.54, 1.807) is 31.4 Å². The van der Waals surface area contributed by atoms with E-state index in [-0.39, 0.29) is 5.56 Å². The summed E-state index contributed by atoms with van der Waals surface area (Å²) in [5, 5.41) is 1.39. The molecule has 0 unspecified atom stereocenters. The highest BCUT2D eigenvalue weighted by Crippen LogP contribution is 2.18. The SMILES string of the molecule is COc1ccc2cc(N)[nH]c(=O)c2c1. The lowest BCUT2D eigenvalue weighted by Gasteiger charge is -2.02. The maximum absolute atomic E-state index is 11.5. The molecule has 72 valence electrons. The molecular weight excluding hydrogens is 180 g/mol. The second-order valence-electron chi connectivity index (χ2n) is 3.01. The van der Waals surface area contributed by atoms with Gasteiger partial charge >= 0.3 is 0 Å². The van der Waals surface area contributed by atoms with Crippen molar-refractivity contribution in [2.75, 3.05) is 12.8 Å². The van der Waals surface area contributed by atoms with Gasteiger partial charge in [0.15, 0.2) is 0 Å². The zero-order valence-corrected chi connectivity index (χ0v) is 7.70. The lowest BCUT2D eigenvalue weighted by atomic mass is 10.1. The second-order valence-corrected chi connectivity index (χ2v) is 3.01. The van der Waals surface area contributed by atoms with Crippen molar-refractivity contribution in [2.45, 2.75) is 0 Å². The Labute approximate surface area is 80.3 Å². The van der Waals surface area contributed by atoms with E-state index in [1.165, 1.54) is 0 Å². The van der Waals surface area contributed by atoms with E-state index < -0.39 is 0 Å². The average Bonchev–Trinajstić information content (AvgIpc) is 2.17. The highest BCUT2D eigenvalue weighted by Gasteiger charge is 2.01. The number of pyridine rings is 1. The first-order valence-electron chi connectivity index (χ1n) is 4.17. The molecule has 0 spiro atoms. The number of nitrogens with one attached hydrogen (secondary N) is 1. The fourth-order valence-corrected chi connectivity index (χ4v) is 1.39. The monoisotopic (exact) mass is 190 g/mol. The highest BCUT2D eigenvalue weighted by molar-refractivity contribution is 5.84. The van der Waals surface area contributed by atoms with E-state index in [2.05, 4.69) is 4.98 Å². The summed E-state index contributed by atoms with van der Waals surface area (Å²) in [5.74, 6) is 1.03. The Hall–Kier alpha value is -1.97. The minimum Gasteiger partial charge on any atom is -0.497 e. The topological polar surface area (TPSA) is 68.1 Å². The van der Waals surface area contributed by atoms with Crippen molar-refractivity contribution in [3.05, 3.63) is 34.6 Å². The van der Waals surface area contributed by atoms with Gasteiger partial charge in [-0.05, 0) is 23.6 Å². The molecule has 0 atom stereocenters. The first-order chi connectivity index (χ1) is 6.70. The summed E-state index contributed by atoms with van der Waals surface area (Å²) in [7, 11) is 1.56. The van der Waals surface area contributed by atoms with E-state index in [0.717, 1.165) is 5.39 Å². The smallest absolute Gasteiger partial charge is 0.257 e. The number of hydrogen-bond acceptors (Lipinski definition) is 3. The summed E-state index contributed by atoms with van der Waals surface area (Å²) in [6.07, 6.45) is 0. The van der Waals surface area contributed by atoms with Gasteiger partial charge in [0, 0.05) is 0 Å². The van der Waals surface area contributed by atoms with E-state index >= 15 is 0 Å². The predicted octanol–water partition coefficient (Wildman–Crippen LogP) is 1.12. The van der Waals surface area contributed by atoms with Gasteiger partial charge in [-0.3, -0.25) is 4.79 Å². The van der Waals surface area contributed by atoms with E-state index in [0.29, 0.717) is 17.0 Å². The van der Waals surface area contributed by atoms with Gasteiger partial charge in [-0.1, -0.05) is 6.07 Å². The van der Waals surface area contributed by atoms with Gasteiger partial charge in [-0.15, -0.1) is 0 Å². The number of rotatable bonds is 1. The van der Waals surface area contributed by atoms with Crippen LogP contribution in [0.3, 0.4) is 0 Å². The van der Waals surface area contributed by atoms with E-state index in [9.17, 15) is 4.79 Å². The van der Waals surface area contributed by atoms with Crippen LogP contribution in [-0.2, 0) is 0 Å². The molecule has 0 amide bonds. The largest absolute Gasteiger partial charge is 0.497 e. The van der Waals surface area contributed by atoms with Crippen LogP contribution in [0.15, 0.2) is 29.1 Å². The number of fused-ring (bicyclic) bond motifs is 1. The number of aromatic amines is 1. The van der Waals surface area contributed by atoms with Gasteiger partial charge in [0.1, 0.15) is 11.6 Å². The van der Waals surface area contributed by atoms with Gasteiger partial charge in [0.05, 0.1) is 12.5 Å². The predicted molar refractivity (Wildman–Crippen MR) is 55.5 cm³/mol. The maximum Gasteiger partial charge on any atom is 0.257 e. The number of aromatic nitrogens is 1. The van der Waals surface area contributed by atoms with Crippen molar-refractivity contribution in [3.8, 4) is 5.75 Å². The fourth-order valence-electron chi connectivity index (χ4n) is 1.39. The molecule has 0 saturated heterocycles. The van der Waals surface area contributed by atoms with Crippen molar-refractivity contribution < 1.29 is 4.74 Å². The number of nitrogen functional groups attached to an aromatic ring is 1. The van der Waals surface area contributed by atoms with Crippen LogP contribution in [0.5, 0.6) is 5.75 Å². The molecule has 0 bridgehead atoms. The zero-order valence-electron chi connectivity index (χ0n) is 7.70. The Bertz CT molecular complexity index is 531. The van der Waals surface area contributed by atoms with Gasteiger partial charge in [0.2, 0.25) is 0 Å². The molecule has 2 aromatic rings. The highest BCUT2D eigenvalue weighted by atomic mass is 16.5. The van der Waals surface area contributed by atoms with Crippen molar-refractivity contribution in [2.24, 2.45) is 0 Å². The van der Waals surface area contributed by atoms with Crippen LogP contribution in [0.2, 0.25) is 0 Å². The minimum atomic E-state index is -0.195. The van der Waals surface area contributed by atoms with Crippen molar-refractivity contribution in [1.82, 2.24) is 4.98 Å². The number of methoxy groups -OCH3 is 1. The Morgan fingerprint density at radius 2 is 2.14 bits per heavy atom. The van der Waals surface area contributed by atoms with Crippen molar-refractivity contribution in [3.63, 3.8) is 0 Å². The molecule has 14 heavy (non-hydrogen) atoms. The molecule has 1 heterocycles. The number of benzene rings is 1. The second kappa shape index (κ2) is 3.06. The van der Waals surface area contributed by atoms with Gasteiger partial charge < -0.3 is 15.5 Å². The zero-order chi connectivity index (χ0) is 10.1. The number of anilines is 1. The summed E-state index contributed by atoms with van der Waals surface area (Å²) < 4.78 is 5.02. The normalized spacial score (nSPS) is 10.4. The van der Waals surface area contributed by atoms with E-state index in [4.69, 9.17) is 10.5 Å². The summed E-state index contributed by atoms with van der Waals surface area (Å²) in [6, 6.07) is 7.00. The number of hydrogen-bond donors (Lipinski definition) is 2. The number of ether oxygens (including phenoxy) is 1. The molecule has 1 aromatic heterocycles. The van der Waals surface area contributed by atoms with Crippen molar-refractivity contribution >= 4 is 16.6 Å². The molecule has 4 nitrogen and oxygen atoms in total. The summed E-state index contributed by atoms with van der Waals surface area (Å²) in [4.78, 5) is 14.0. The first-order valence-corrected chi connectivity index (χ1v) is 4.17. The average molecular weight is 190 g/mol. The van der Waals surface area contributed by atoms with Crippen LogP contribution in [0.1, 0.15) is 0 Å². The molecule has 2 rings (SSSR count). The lowest BCUT2D eigenvalue weighted by molar-refractivity contribution is 0.415. The third kappa shape index (κ3) is 1.31. The molecule has 0 fully saturated rings. The lowest BCUT2D eigenvalue weighted by Crippen LogP contribution is -2.08. The Balaban J connectivity index is 2.82. The first kappa shape index (κ1) is 8.62. The van der Waals surface area contributed by atoms with Crippen molar-refractivity contribution in [1.29, 1.82) is 0 Å². The van der Waals surface area contributed by atoms with Crippen LogP contribution in [0.25, 0.3) is 10.8 Å². The van der Waals surface area contributed by atoms with Gasteiger partial charge in [-0.25, -0.2) is 0 Å². The van der Waals surface area contributed by atoms with Crippen LogP contribution in [-0.4, -0.2) is 12.1 Å². The molecular formula is C10H10N2O2. The summed E-state index contributed by atoms with van der Waals surface area (Å²) in [6.45, 7) is 0. The minimum absolute atomic E-state index is 0.195. The third-order valence-electron chi connectivity index (χ3n) is 2.07. The van der Waals surface area contributed by atoms with Gasteiger partial charge in [-0.2, -0.15) is 0 Å². The fraction of sp³-hybridized carbons (Fsp3) is 0.100. The maximum atomic E-state index is 11.5. The molecule has 3 N–H and O–H groups in total. The molecule has 0 radical (unpaired) electrons. The standard InChI is InChI=1S/C10H10N2O2/c1-14-7-3-2-6-4-9(11)12-10(13)8(6)5-7/h2-5H,1H3,(H3,11,12,13). The Kier molecular flexibility index (Phi) is 1.89. The van der Waals surface area contributed by atoms with Crippen LogP contribution in [0.4, 0.5) is 5.82 Å². The molecule has 0 aliphatic heterocycles. The molecule has 0 aliphatic rings. The van der Waals surface area contributed by atoms with Gasteiger partial charge in [0.25, 0.3) is 5.56 Å².